The predicted molar refractivity (Wildman–Crippen MR) is 89.9 cm³/mol. The third-order valence-corrected chi connectivity index (χ3v) is 3.72. The summed E-state index contributed by atoms with van der Waals surface area (Å²) in [6.07, 6.45) is 0. The number of rotatable bonds is 3. The summed E-state index contributed by atoms with van der Waals surface area (Å²) in [6, 6.07) is 15.1. The predicted octanol–water partition coefficient (Wildman–Crippen LogP) is 4.89. The highest BCUT2D eigenvalue weighted by molar-refractivity contribution is 6.31. The number of amides is 1. The molecule has 0 radical (unpaired) electrons. The summed E-state index contributed by atoms with van der Waals surface area (Å²) in [4.78, 5) is 12.5. The number of hydrogen-bond acceptors (Lipinski definition) is 2. The maximum atomic E-state index is 13.8. The van der Waals surface area contributed by atoms with Crippen molar-refractivity contribution in [1.82, 2.24) is 0 Å². The molecule has 3 nitrogen and oxygen atoms in total. The summed E-state index contributed by atoms with van der Waals surface area (Å²) >= 11 is 5.84. The molecule has 23 heavy (non-hydrogen) atoms. The first-order valence-corrected chi connectivity index (χ1v) is 7.29. The summed E-state index contributed by atoms with van der Waals surface area (Å²) in [7, 11) is 1.49. The van der Waals surface area contributed by atoms with Crippen LogP contribution in [0.3, 0.4) is 0 Å². The minimum atomic E-state index is -0.553. The zero-order valence-corrected chi connectivity index (χ0v) is 13.0. The Kier molecular flexibility index (Phi) is 4.17. The second-order valence-electron chi connectivity index (χ2n) is 4.98. The second-order valence-corrected chi connectivity index (χ2v) is 5.41. The molecule has 0 spiro atoms. The first-order chi connectivity index (χ1) is 11.1. The van der Waals surface area contributed by atoms with E-state index in [1.807, 2.05) is 24.3 Å². The van der Waals surface area contributed by atoms with E-state index in [0.717, 1.165) is 10.8 Å². The Morgan fingerprint density at radius 2 is 1.78 bits per heavy atom. The van der Waals surface area contributed by atoms with Crippen molar-refractivity contribution in [3.63, 3.8) is 0 Å². The standard InChI is InChI=1S/C18H13ClFNO2/c1-23-17-9-12-5-3-2-4-11(12)8-14(17)18(22)21-16-10-13(19)6-7-15(16)20/h2-10H,1H3,(H,21,22). The number of benzene rings is 3. The Hall–Kier alpha value is -2.59. The third kappa shape index (κ3) is 3.12. The SMILES string of the molecule is COc1cc2ccccc2cc1C(=O)Nc1cc(Cl)ccc1F. The lowest BCUT2D eigenvalue weighted by molar-refractivity contribution is 0.102. The number of halogens is 2. The third-order valence-electron chi connectivity index (χ3n) is 3.49. The smallest absolute Gasteiger partial charge is 0.259 e. The van der Waals surface area contributed by atoms with Crippen molar-refractivity contribution in [3.05, 3.63) is 71.0 Å². The van der Waals surface area contributed by atoms with Gasteiger partial charge in [-0.15, -0.1) is 0 Å². The second kappa shape index (κ2) is 6.26. The van der Waals surface area contributed by atoms with E-state index in [9.17, 15) is 9.18 Å². The van der Waals surface area contributed by atoms with Crippen molar-refractivity contribution in [2.75, 3.05) is 12.4 Å². The molecule has 3 aromatic rings. The van der Waals surface area contributed by atoms with Crippen LogP contribution in [0.1, 0.15) is 10.4 Å². The lowest BCUT2D eigenvalue weighted by atomic mass is 10.1. The van der Waals surface area contributed by atoms with Gasteiger partial charge in [0.05, 0.1) is 18.4 Å². The Labute approximate surface area is 137 Å². The molecule has 5 heteroatoms. The summed E-state index contributed by atoms with van der Waals surface area (Å²) in [5.74, 6) is -0.597. The topological polar surface area (TPSA) is 38.3 Å². The molecule has 0 saturated heterocycles. The zero-order valence-electron chi connectivity index (χ0n) is 12.3. The first kappa shape index (κ1) is 15.3. The van der Waals surface area contributed by atoms with E-state index >= 15 is 0 Å². The van der Waals surface area contributed by atoms with Crippen molar-refractivity contribution in [1.29, 1.82) is 0 Å². The van der Waals surface area contributed by atoms with Crippen molar-refractivity contribution in [3.8, 4) is 5.75 Å². The molecule has 1 N–H and O–H groups in total. The lowest BCUT2D eigenvalue weighted by Gasteiger charge is -2.11. The monoisotopic (exact) mass is 329 g/mol. The summed E-state index contributed by atoms with van der Waals surface area (Å²) in [6.45, 7) is 0. The van der Waals surface area contributed by atoms with Gasteiger partial charge in [0.25, 0.3) is 5.91 Å². The van der Waals surface area contributed by atoms with Crippen LogP contribution in [0.5, 0.6) is 5.75 Å². The van der Waals surface area contributed by atoms with Crippen LogP contribution in [0.25, 0.3) is 10.8 Å². The number of ether oxygens (including phenoxy) is 1. The van der Waals surface area contributed by atoms with Gasteiger partial charge < -0.3 is 10.1 Å². The molecule has 0 unspecified atom stereocenters. The van der Waals surface area contributed by atoms with Gasteiger partial charge >= 0.3 is 0 Å². The molecule has 3 rings (SSSR count). The Bertz CT molecular complexity index is 895. The van der Waals surface area contributed by atoms with Gasteiger partial charge in [-0.25, -0.2) is 4.39 Å². The average Bonchev–Trinajstić information content (AvgIpc) is 2.56. The van der Waals surface area contributed by atoms with Gasteiger partial charge in [-0.1, -0.05) is 35.9 Å². The molecule has 116 valence electrons. The Balaban J connectivity index is 2.01. The minimum absolute atomic E-state index is 0.0257. The number of fused-ring (bicyclic) bond motifs is 1. The van der Waals surface area contributed by atoms with E-state index in [0.29, 0.717) is 16.3 Å². The maximum Gasteiger partial charge on any atom is 0.259 e. The number of anilines is 1. The summed E-state index contributed by atoms with van der Waals surface area (Å²) in [5.41, 5.74) is 0.350. The van der Waals surface area contributed by atoms with Gasteiger partial charge in [-0.2, -0.15) is 0 Å². The van der Waals surface area contributed by atoms with Gasteiger partial charge in [0.1, 0.15) is 11.6 Å². The number of carbonyl (C=O) groups is 1. The van der Waals surface area contributed by atoms with Gasteiger partial charge in [-0.05, 0) is 41.1 Å². The van der Waals surface area contributed by atoms with Crippen molar-refractivity contribution in [2.24, 2.45) is 0 Å². The highest BCUT2D eigenvalue weighted by Crippen LogP contribution is 2.27. The molecular weight excluding hydrogens is 317 g/mol. The fourth-order valence-electron chi connectivity index (χ4n) is 2.35. The van der Waals surface area contributed by atoms with Gasteiger partial charge in [0, 0.05) is 5.02 Å². The molecule has 0 aliphatic heterocycles. The molecule has 0 saturated carbocycles. The normalized spacial score (nSPS) is 10.6. The molecule has 0 aliphatic carbocycles. The van der Waals surface area contributed by atoms with E-state index in [2.05, 4.69) is 5.32 Å². The highest BCUT2D eigenvalue weighted by atomic mass is 35.5. The number of carbonyl (C=O) groups excluding carboxylic acids is 1. The van der Waals surface area contributed by atoms with Gasteiger partial charge in [0.2, 0.25) is 0 Å². The highest BCUT2D eigenvalue weighted by Gasteiger charge is 2.15. The summed E-state index contributed by atoms with van der Waals surface area (Å²) < 4.78 is 19.1. The van der Waals surface area contributed by atoms with Crippen LogP contribution in [0.15, 0.2) is 54.6 Å². The number of methoxy groups -OCH3 is 1. The molecule has 0 aliphatic rings. The molecule has 0 bridgehead atoms. The molecule has 0 atom stereocenters. The molecule has 3 aromatic carbocycles. The molecule has 0 aromatic heterocycles. The van der Waals surface area contributed by atoms with Gasteiger partial charge in [-0.3, -0.25) is 4.79 Å². The van der Waals surface area contributed by atoms with Crippen LogP contribution in [0.4, 0.5) is 10.1 Å². The van der Waals surface area contributed by atoms with Crippen LogP contribution in [0.2, 0.25) is 5.02 Å². The molecule has 1 amide bonds. The van der Waals surface area contributed by atoms with E-state index in [1.165, 1.54) is 25.3 Å². The van der Waals surface area contributed by atoms with Crippen LogP contribution in [0, 0.1) is 5.82 Å². The maximum absolute atomic E-state index is 13.8. The molecular formula is C18H13ClFNO2. The summed E-state index contributed by atoms with van der Waals surface area (Å²) in [5, 5.41) is 4.72. The Morgan fingerprint density at radius 1 is 1.09 bits per heavy atom. The van der Waals surface area contributed by atoms with E-state index in [1.54, 1.807) is 12.1 Å². The van der Waals surface area contributed by atoms with Crippen LogP contribution in [-0.4, -0.2) is 13.0 Å². The van der Waals surface area contributed by atoms with E-state index < -0.39 is 11.7 Å². The molecule has 0 fully saturated rings. The fourth-order valence-corrected chi connectivity index (χ4v) is 2.52. The minimum Gasteiger partial charge on any atom is -0.496 e. The zero-order chi connectivity index (χ0) is 16.4. The molecule has 0 heterocycles. The Morgan fingerprint density at radius 3 is 2.48 bits per heavy atom. The van der Waals surface area contributed by atoms with Crippen molar-refractivity contribution < 1.29 is 13.9 Å². The fraction of sp³-hybridized carbons (Fsp3) is 0.0556. The number of nitrogens with one attached hydrogen (secondary N) is 1. The lowest BCUT2D eigenvalue weighted by Crippen LogP contribution is -2.14. The van der Waals surface area contributed by atoms with Crippen molar-refractivity contribution >= 4 is 34.0 Å². The number of hydrogen-bond donors (Lipinski definition) is 1. The van der Waals surface area contributed by atoms with Crippen LogP contribution in [-0.2, 0) is 0 Å². The van der Waals surface area contributed by atoms with E-state index in [-0.39, 0.29) is 5.69 Å². The average molecular weight is 330 g/mol. The van der Waals surface area contributed by atoms with E-state index in [4.69, 9.17) is 16.3 Å². The largest absolute Gasteiger partial charge is 0.496 e. The van der Waals surface area contributed by atoms with Crippen LogP contribution >= 0.6 is 11.6 Å². The quantitative estimate of drug-likeness (QED) is 0.742. The van der Waals surface area contributed by atoms with Crippen LogP contribution < -0.4 is 10.1 Å². The van der Waals surface area contributed by atoms with Gasteiger partial charge in [0.15, 0.2) is 0 Å². The first-order valence-electron chi connectivity index (χ1n) is 6.91. The van der Waals surface area contributed by atoms with Crippen molar-refractivity contribution in [2.45, 2.75) is 0 Å².